The molecule has 7 nitrogen and oxygen atoms in total. The maximum absolute atomic E-state index is 11.8. The van der Waals surface area contributed by atoms with E-state index in [1.807, 2.05) is 0 Å². The van der Waals surface area contributed by atoms with Crippen molar-refractivity contribution in [3.05, 3.63) is 27.9 Å². The van der Waals surface area contributed by atoms with Gasteiger partial charge in [-0.3, -0.25) is 4.79 Å². The van der Waals surface area contributed by atoms with Gasteiger partial charge < -0.3 is 20.5 Å². The summed E-state index contributed by atoms with van der Waals surface area (Å²) in [5.41, 5.74) is 0.213. The van der Waals surface area contributed by atoms with Crippen LogP contribution in [0, 0.1) is 16.0 Å². The molecule has 1 aromatic heterocycles. The van der Waals surface area contributed by atoms with Gasteiger partial charge in [0, 0.05) is 12.6 Å². The molecule has 18 heavy (non-hydrogen) atoms. The van der Waals surface area contributed by atoms with Gasteiger partial charge in [0.2, 0.25) is 0 Å². The Morgan fingerprint density at radius 1 is 1.67 bits per heavy atom. The summed E-state index contributed by atoms with van der Waals surface area (Å²) in [6, 6.07) is 2.68. The van der Waals surface area contributed by atoms with Crippen LogP contribution in [-0.2, 0) is 7.05 Å². The molecule has 0 aromatic carbocycles. The molecule has 0 aliphatic heterocycles. The van der Waals surface area contributed by atoms with Gasteiger partial charge >= 0.3 is 5.82 Å². The number of nitrogens with zero attached hydrogens (tertiary/aromatic N) is 2. The van der Waals surface area contributed by atoms with E-state index in [2.05, 4.69) is 5.32 Å². The number of aliphatic hydroxyl groups is 1. The van der Waals surface area contributed by atoms with Gasteiger partial charge in [-0.2, -0.15) is 0 Å². The van der Waals surface area contributed by atoms with Gasteiger partial charge in [-0.25, -0.2) is 4.57 Å². The summed E-state index contributed by atoms with van der Waals surface area (Å²) < 4.78 is 1.22. The van der Waals surface area contributed by atoms with Gasteiger partial charge in [0.15, 0.2) is 5.69 Å². The highest BCUT2D eigenvalue weighted by Gasteiger charge is 2.30. The van der Waals surface area contributed by atoms with E-state index >= 15 is 0 Å². The molecule has 0 spiro atoms. The second-order valence-corrected chi connectivity index (χ2v) is 4.51. The highest BCUT2D eigenvalue weighted by Crippen LogP contribution is 2.32. The van der Waals surface area contributed by atoms with Crippen molar-refractivity contribution in [3.8, 4) is 0 Å². The number of aliphatic hydroxyl groups excluding tert-OH is 1. The Labute approximate surface area is 104 Å². The molecule has 1 saturated carbocycles. The molecular weight excluding hydrogens is 238 g/mol. The van der Waals surface area contributed by atoms with E-state index in [9.17, 15) is 20.0 Å². The summed E-state index contributed by atoms with van der Waals surface area (Å²) in [4.78, 5) is 21.9. The lowest BCUT2D eigenvalue weighted by atomic mass is 10.2. The number of nitro groups is 1. The van der Waals surface area contributed by atoms with Crippen molar-refractivity contribution in [3.63, 3.8) is 0 Å². The second kappa shape index (κ2) is 4.77. The van der Waals surface area contributed by atoms with Crippen LogP contribution >= 0.6 is 0 Å². The van der Waals surface area contributed by atoms with E-state index in [1.165, 1.54) is 23.7 Å². The predicted octanol–water partition coefficient (Wildman–Crippen LogP) is 0.434. The van der Waals surface area contributed by atoms with Crippen molar-refractivity contribution in [2.45, 2.75) is 18.9 Å². The van der Waals surface area contributed by atoms with Crippen LogP contribution in [0.5, 0.6) is 0 Å². The first kappa shape index (κ1) is 12.6. The number of nitrogens with one attached hydrogen (secondary N) is 1. The van der Waals surface area contributed by atoms with E-state index in [-0.39, 0.29) is 24.0 Å². The highest BCUT2D eigenvalue weighted by molar-refractivity contribution is 5.93. The predicted molar refractivity (Wildman–Crippen MR) is 63.1 cm³/mol. The van der Waals surface area contributed by atoms with Crippen LogP contribution < -0.4 is 5.32 Å². The smallest absolute Gasteiger partial charge is 0.323 e. The van der Waals surface area contributed by atoms with Crippen molar-refractivity contribution in [2.24, 2.45) is 13.0 Å². The molecule has 1 amide bonds. The van der Waals surface area contributed by atoms with Crippen molar-refractivity contribution in [2.75, 3.05) is 6.54 Å². The number of aromatic nitrogens is 1. The van der Waals surface area contributed by atoms with Crippen LogP contribution in [-0.4, -0.2) is 33.2 Å². The first-order valence-corrected chi connectivity index (χ1v) is 5.77. The zero-order valence-corrected chi connectivity index (χ0v) is 10.00. The van der Waals surface area contributed by atoms with Gasteiger partial charge in [-0.1, -0.05) is 0 Å². The van der Waals surface area contributed by atoms with Gasteiger partial charge in [0.05, 0.1) is 13.2 Å². The Morgan fingerprint density at radius 2 is 2.33 bits per heavy atom. The van der Waals surface area contributed by atoms with Crippen LogP contribution in [0.1, 0.15) is 23.3 Å². The minimum atomic E-state index is -0.546. The summed E-state index contributed by atoms with van der Waals surface area (Å²) in [6.07, 6.45) is 1.46. The molecule has 0 bridgehead atoms. The molecule has 1 aliphatic rings. The summed E-state index contributed by atoms with van der Waals surface area (Å²) in [7, 11) is 1.46. The Kier molecular flexibility index (Phi) is 3.33. The molecular formula is C11H15N3O4. The number of rotatable bonds is 5. The first-order chi connectivity index (χ1) is 8.50. The monoisotopic (exact) mass is 253 g/mol. The average molecular weight is 253 g/mol. The van der Waals surface area contributed by atoms with E-state index in [1.54, 1.807) is 0 Å². The maximum Gasteiger partial charge on any atom is 0.323 e. The van der Waals surface area contributed by atoms with Gasteiger partial charge in [-0.15, -0.1) is 0 Å². The van der Waals surface area contributed by atoms with Crippen LogP contribution in [0.15, 0.2) is 12.1 Å². The molecule has 1 atom stereocenters. The van der Waals surface area contributed by atoms with Crippen LogP contribution in [0.3, 0.4) is 0 Å². The van der Waals surface area contributed by atoms with Crippen molar-refractivity contribution in [1.29, 1.82) is 0 Å². The fourth-order valence-corrected chi connectivity index (χ4v) is 1.85. The normalized spacial score (nSPS) is 16.3. The second-order valence-electron chi connectivity index (χ2n) is 4.51. The summed E-state index contributed by atoms with van der Waals surface area (Å²) in [5.74, 6) is -0.263. The molecule has 2 N–H and O–H groups in total. The lowest BCUT2D eigenvalue weighted by Crippen LogP contribution is -2.34. The van der Waals surface area contributed by atoms with Crippen LogP contribution in [0.25, 0.3) is 0 Å². The fourth-order valence-electron chi connectivity index (χ4n) is 1.85. The Bertz CT molecular complexity index is 479. The third kappa shape index (κ3) is 2.51. The van der Waals surface area contributed by atoms with Crippen LogP contribution in [0.2, 0.25) is 0 Å². The van der Waals surface area contributed by atoms with Crippen LogP contribution in [0.4, 0.5) is 5.82 Å². The van der Waals surface area contributed by atoms with Crippen molar-refractivity contribution >= 4 is 11.7 Å². The molecule has 98 valence electrons. The zero-order chi connectivity index (χ0) is 13.3. The third-order valence-corrected chi connectivity index (χ3v) is 3.15. The number of carbonyl (C=O) groups excluding carboxylic acids is 1. The number of amides is 1. The number of hydrogen-bond donors (Lipinski definition) is 2. The molecule has 1 aliphatic carbocycles. The highest BCUT2D eigenvalue weighted by atomic mass is 16.6. The topological polar surface area (TPSA) is 97.4 Å². The summed E-state index contributed by atoms with van der Waals surface area (Å²) >= 11 is 0. The largest absolute Gasteiger partial charge is 0.391 e. The van der Waals surface area contributed by atoms with E-state index in [4.69, 9.17) is 0 Å². The molecule has 7 heteroatoms. The number of hydrogen-bond acceptors (Lipinski definition) is 4. The number of carbonyl (C=O) groups is 1. The molecule has 1 aromatic rings. The molecule has 1 unspecified atom stereocenters. The van der Waals surface area contributed by atoms with Crippen molar-refractivity contribution in [1.82, 2.24) is 9.88 Å². The molecule has 0 saturated heterocycles. The third-order valence-electron chi connectivity index (χ3n) is 3.15. The molecule has 2 rings (SSSR count). The summed E-state index contributed by atoms with van der Waals surface area (Å²) in [6.45, 7) is 0.183. The standard InChI is InChI=1S/C11H15N3O4/c1-13-8(4-5-10(13)14(17)18)11(16)12-6-9(15)7-2-3-7/h4-5,7,9,15H,2-3,6H2,1H3,(H,12,16). The Balaban J connectivity index is 1.97. The zero-order valence-electron chi connectivity index (χ0n) is 10.00. The first-order valence-electron chi connectivity index (χ1n) is 5.77. The lowest BCUT2D eigenvalue weighted by Gasteiger charge is -2.09. The molecule has 1 heterocycles. The quantitative estimate of drug-likeness (QED) is 0.587. The fraction of sp³-hybridized carbons (Fsp3) is 0.545. The van der Waals surface area contributed by atoms with E-state index in [0.717, 1.165) is 12.8 Å². The minimum absolute atomic E-state index is 0.136. The summed E-state index contributed by atoms with van der Waals surface area (Å²) in [5, 5.41) is 22.8. The SMILES string of the molecule is Cn1c(C(=O)NCC(O)C2CC2)ccc1[N+](=O)[O-]. The van der Waals surface area contributed by atoms with Gasteiger partial charge in [-0.05, 0) is 29.7 Å². The average Bonchev–Trinajstić information content (AvgIpc) is 3.09. The molecule has 0 radical (unpaired) electrons. The molecule has 1 fully saturated rings. The minimum Gasteiger partial charge on any atom is -0.391 e. The maximum atomic E-state index is 11.8. The van der Waals surface area contributed by atoms with Crippen molar-refractivity contribution < 1.29 is 14.8 Å². The Hall–Kier alpha value is -1.89. The van der Waals surface area contributed by atoms with Gasteiger partial charge in [0.1, 0.15) is 0 Å². The lowest BCUT2D eigenvalue weighted by molar-refractivity contribution is -0.391. The van der Waals surface area contributed by atoms with E-state index < -0.39 is 16.9 Å². The Morgan fingerprint density at radius 3 is 2.83 bits per heavy atom. The van der Waals surface area contributed by atoms with E-state index in [0.29, 0.717) is 0 Å². The van der Waals surface area contributed by atoms with Gasteiger partial charge in [0.25, 0.3) is 5.91 Å².